The van der Waals surface area contributed by atoms with Crippen molar-refractivity contribution >= 4 is 27.6 Å². The average Bonchev–Trinajstić information content (AvgIpc) is 3.19. The SMILES string of the molecule is Cc1cccc(S(=O)(=O)N2CC(C(=O)Nc3cccnc3)C3(CCOCC3)C2)c1.O=C(O)C(F)(F)F. The zero-order valence-corrected chi connectivity index (χ0v) is 20.2. The highest BCUT2D eigenvalue weighted by Crippen LogP contribution is 2.46. The van der Waals surface area contributed by atoms with Crippen LogP contribution < -0.4 is 5.32 Å². The van der Waals surface area contributed by atoms with Gasteiger partial charge >= 0.3 is 12.1 Å². The Labute approximate surface area is 206 Å². The number of nitrogens with one attached hydrogen (secondary N) is 1. The van der Waals surface area contributed by atoms with Gasteiger partial charge in [-0.2, -0.15) is 17.5 Å². The van der Waals surface area contributed by atoms with Gasteiger partial charge in [-0.3, -0.25) is 9.78 Å². The predicted octanol–water partition coefficient (Wildman–Crippen LogP) is 3.08. The molecule has 1 unspecified atom stereocenters. The van der Waals surface area contributed by atoms with Crippen molar-refractivity contribution in [3.8, 4) is 0 Å². The van der Waals surface area contributed by atoms with E-state index in [-0.39, 0.29) is 17.3 Å². The maximum atomic E-state index is 13.3. The molecule has 2 aromatic rings. The molecule has 0 saturated carbocycles. The molecule has 0 radical (unpaired) electrons. The maximum Gasteiger partial charge on any atom is 0.490 e. The van der Waals surface area contributed by atoms with Gasteiger partial charge in [-0.1, -0.05) is 12.1 Å². The number of sulfonamides is 1. The van der Waals surface area contributed by atoms with Crippen LogP contribution in [0.2, 0.25) is 0 Å². The molecule has 2 aliphatic heterocycles. The van der Waals surface area contributed by atoms with Crippen molar-refractivity contribution in [3.05, 3.63) is 54.4 Å². The summed E-state index contributed by atoms with van der Waals surface area (Å²) in [5.41, 5.74) is 1.08. The first-order valence-electron chi connectivity index (χ1n) is 11.0. The third kappa shape index (κ3) is 6.39. The first kappa shape index (κ1) is 27.6. The summed E-state index contributed by atoms with van der Waals surface area (Å²) >= 11 is 0. The molecule has 1 aromatic heterocycles. The molecule has 9 nitrogen and oxygen atoms in total. The molecule has 2 aliphatic rings. The van der Waals surface area contributed by atoms with Crippen LogP contribution in [0.25, 0.3) is 0 Å². The summed E-state index contributed by atoms with van der Waals surface area (Å²) < 4.78 is 65.3. The Morgan fingerprint density at radius 1 is 1.19 bits per heavy atom. The summed E-state index contributed by atoms with van der Waals surface area (Å²) in [6.07, 6.45) is -0.526. The molecular weight excluding hydrogens is 503 g/mol. The van der Waals surface area contributed by atoms with Crippen LogP contribution in [0, 0.1) is 18.3 Å². The molecule has 36 heavy (non-hydrogen) atoms. The molecule has 2 N–H and O–H groups in total. The van der Waals surface area contributed by atoms with Crippen LogP contribution in [0.3, 0.4) is 0 Å². The maximum absolute atomic E-state index is 13.3. The largest absolute Gasteiger partial charge is 0.490 e. The Hall–Kier alpha value is -3.03. The lowest BCUT2D eigenvalue weighted by Crippen LogP contribution is -2.42. The van der Waals surface area contributed by atoms with Crippen molar-refractivity contribution in [2.45, 2.75) is 30.8 Å². The van der Waals surface area contributed by atoms with Crippen LogP contribution in [0.5, 0.6) is 0 Å². The number of halogens is 3. The summed E-state index contributed by atoms with van der Waals surface area (Å²) in [5, 5.41) is 10.0. The van der Waals surface area contributed by atoms with Crippen molar-refractivity contribution in [3.63, 3.8) is 0 Å². The number of hydrogen-bond acceptors (Lipinski definition) is 6. The minimum absolute atomic E-state index is 0.165. The second-order valence-electron chi connectivity index (χ2n) is 8.68. The second kappa shape index (κ2) is 10.9. The summed E-state index contributed by atoms with van der Waals surface area (Å²) in [6.45, 7) is 3.44. The monoisotopic (exact) mass is 529 g/mol. The molecule has 1 atom stereocenters. The first-order valence-corrected chi connectivity index (χ1v) is 12.4. The van der Waals surface area contributed by atoms with E-state index in [0.717, 1.165) is 5.56 Å². The van der Waals surface area contributed by atoms with Crippen molar-refractivity contribution in [2.24, 2.45) is 11.3 Å². The van der Waals surface area contributed by atoms with Gasteiger partial charge in [0, 0.05) is 37.9 Å². The van der Waals surface area contributed by atoms with Crippen molar-refractivity contribution in [1.82, 2.24) is 9.29 Å². The lowest BCUT2D eigenvalue weighted by molar-refractivity contribution is -0.192. The fourth-order valence-corrected chi connectivity index (χ4v) is 6.00. The first-order chi connectivity index (χ1) is 16.8. The normalized spacial score (nSPS) is 19.8. The van der Waals surface area contributed by atoms with Gasteiger partial charge in [0.2, 0.25) is 15.9 Å². The number of alkyl halides is 3. The zero-order chi connectivity index (χ0) is 26.6. The number of amides is 1. The number of benzene rings is 1. The third-order valence-electron chi connectivity index (χ3n) is 6.22. The molecular formula is C23H26F3N3O6S. The number of hydrogen-bond donors (Lipinski definition) is 2. The molecule has 0 bridgehead atoms. The number of anilines is 1. The quantitative estimate of drug-likeness (QED) is 0.624. The highest BCUT2D eigenvalue weighted by Gasteiger charge is 2.53. The second-order valence-corrected chi connectivity index (χ2v) is 10.6. The fourth-order valence-electron chi connectivity index (χ4n) is 4.34. The van der Waals surface area contributed by atoms with E-state index in [2.05, 4.69) is 10.3 Å². The number of pyridine rings is 1. The van der Waals surface area contributed by atoms with Crippen molar-refractivity contribution in [2.75, 3.05) is 31.6 Å². The van der Waals surface area contributed by atoms with Gasteiger partial charge in [0.1, 0.15) is 0 Å². The van der Waals surface area contributed by atoms with Gasteiger partial charge in [0.15, 0.2) is 0 Å². The number of carbonyl (C=O) groups excluding carboxylic acids is 1. The van der Waals surface area contributed by atoms with Gasteiger partial charge in [-0.15, -0.1) is 0 Å². The number of aliphatic carboxylic acids is 1. The van der Waals surface area contributed by atoms with Gasteiger partial charge in [-0.05, 0) is 49.6 Å². The fraction of sp³-hybridized carbons (Fsp3) is 0.435. The standard InChI is InChI=1S/C21H25N3O4S.C2HF3O2/c1-16-4-2-6-18(12-16)29(26,27)24-14-19(21(15-24)7-10-28-11-8-21)20(25)23-17-5-3-9-22-13-17;3-2(4,5)1(6)7/h2-6,9,12-13,19H,7-8,10-11,14-15H2,1H3,(H,23,25);(H,6,7). The van der Waals surface area contributed by atoms with Crippen LogP contribution in [-0.4, -0.2) is 67.2 Å². The van der Waals surface area contributed by atoms with Crippen molar-refractivity contribution < 1.29 is 41.0 Å². The van der Waals surface area contributed by atoms with E-state index in [0.29, 0.717) is 38.3 Å². The molecule has 0 aliphatic carbocycles. The average molecular weight is 530 g/mol. The lowest BCUT2D eigenvalue weighted by atomic mass is 9.72. The highest BCUT2D eigenvalue weighted by atomic mass is 32.2. The predicted molar refractivity (Wildman–Crippen MR) is 122 cm³/mol. The van der Waals surface area contributed by atoms with Crippen LogP contribution in [0.1, 0.15) is 18.4 Å². The third-order valence-corrected chi connectivity index (χ3v) is 8.03. The highest BCUT2D eigenvalue weighted by molar-refractivity contribution is 7.89. The lowest BCUT2D eigenvalue weighted by Gasteiger charge is -2.37. The number of aromatic nitrogens is 1. The van der Waals surface area contributed by atoms with E-state index in [9.17, 15) is 26.4 Å². The topological polar surface area (TPSA) is 126 Å². The smallest absolute Gasteiger partial charge is 0.475 e. The number of carboxylic acids is 1. The Balaban J connectivity index is 0.000000454. The molecule has 2 fully saturated rings. The molecule has 4 rings (SSSR count). The molecule has 1 amide bonds. The molecule has 1 spiro atoms. The van der Waals surface area contributed by atoms with E-state index < -0.39 is 33.5 Å². The molecule has 3 heterocycles. The van der Waals surface area contributed by atoms with E-state index in [1.54, 1.807) is 42.7 Å². The summed E-state index contributed by atoms with van der Waals surface area (Å²) in [6, 6.07) is 10.4. The number of rotatable bonds is 4. The number of carboxylic acid groups (broad SMARTS) is 1. The van der Waals surface area contributed by atoms with Crippen LogP contribution in [0.4, 0.5) is 18.9 Å². The van der Waals surface area contributed by atoms with Crippen LogP contribution in [-0.2, 0) is 24.3 Å². The zero-order valence-electron chi connectivity index (χ0n) is 19.4. The Bertz CT molecular complexity index is 1190. The molecule has 13 heteroatoms. The minimum atomic E-state index is -5.08. The molecule has 2 saturated heterocycles. The number of aryl methyl sites for hydroxylation is 1. The number of carbonyl (C=O) groups is 2. The molecule has 1 aromatic carbocycles. The van der Waals surface area contributed by atoms with E-state index in [1.807, 2.05) is 13.0 Å². The van der Waals surface area contributed by atoms with Gasteiger partial charge in [-0.25, -0.2) is 13.2 Å². The Morgan fingerprint density at radius 2 is 1.86 bits per heavy atom. The van der Waals surface area contributed by atoms with Gasteiger partial charge < -0.3 is 15.2 Å². The van der Waals surface area contributed by atoms with Crippen molar-refractivity contribution in [1.29, 1.82) is 0 Å². The number of nitrogens with zero attached hydrogens (tertiary/aromatic N) is 2. The molecule has 196 valence electrons. The van der Waals surface area contributed by atoms with Gasteiger partial charge in [0.25, 0.3) is 0 Å². The van der Waals surface area contributed by atoms with Gasteiger partial charge in [0.05, 0.1) is 22.7 Å². The van der Waals surface area contributed by atoms with Crippen LogP contribution >= 0.6 is 0 Å². The van der Waals surface area contributed by atoms with E-state index >= 15 is 0 Å². The van der Waals surface area contributed by atoms with E-state index in [1.165, 1.54) is 4.31 Å². The Morgan fingerprint density at radius 3 is 2.42 bits per heavy atom. The van der Waals surface area contributed by atoms with Crippen LogP contribution in [0.15, 0.2) is 53.7 Å². The number of ether oxygens (including phenoxy) is 1. The van der Waals surface area contributed by atoms with E-state index in [4.69, 9.17) is 14.6 Å². The summed E-state index contributed by atoms with van der Waals surface area (Å²) in [4.78, 5) is 26.3. The summed E-state index contributed by atoms with van der Waals surface area (Å²) in [7, 11) is -3.68. The Kier molecular flexibility index (Phi) is 8.37. The minimum Gasteiger partial charge on any atom is -0.475 e. The summed E-state index contributed by atoms with van der Waals surface area (Å²) in [5.74, 6) is -3.36.